The van der Waals surface area contributed by atoms with Crippen LogP contribution in [-0.4, -0.2) is 0 Å². The first-order valence-electron chi connectivity index (χ1n) is 8.04. The van der Waals surface area contributed by atoms with E-state index in [0.29, 0.717) is 0 Å². The van der Waals surface area contributed by atoms with Crippen LogP contribution in [0.25, 0.3) is 0 Å². The third-order valence-corrected chi connectivity index (χ3v) is 3.77. The van der Waals surface area contributed by atoms with Gasteiger partial charge in [0.25, 0.3) is 0 Å². The third-order valence-electron chi connectivity index (χ3n) is 3.77. The van der Waals surface area contributed by atoms with Crippen molar-refractivity contribution in [1.82, 2.24) is 5.32 Å². The van der Waals surface area contributed by atoms with Gasteiger partial charge in [-0.05, 0) is 49.3 Å². The van der Waals surface area contributed by atoms with E-state index in [1.807, 2.05) is 6.08 Å². The SMILES string of the molecule is C=C(/C=C\C(=C/C)C(C)(C)C)N/C(C)=C/C=C(\C)C(C)(C)C. The molecule has 1 N–H and O–H groups in total. The van der Waals surface area contributed by atoms with Crippen LogP contribution in [0, 0.1) is 10.8 Å². The summed E-state index contributed by atoms with van der Waals surface area (Å²) in [7, 11) is 0. The second-order valence-electron chi connectivity index (χ2n) is 7.93. The minimum absolute atomic E-state index is 0.156. The van der Waals surface area contributed by atoms with E-state index in [-0.39, 0.29) is 10.8 Å². The molecule has 0 rings (SSSR count). The minimum atomic E-state index is 0.156. The second-order valence-corrected chi connectivity index (χ2v) is 7.93. The van der Waals surface area contributed by atoms with E-state index in [9.17, 15) is 0 Å². The van der Waals surface area contributed by atoms with Gasteiger partial charge in [-0.25, -0.2) is 0 Å². The number of hydrogen-bond acceptors (Lipinski definition) is 1. The van der Waals surface area contributed by atoms with Crippen LogP contribution in [0.1, 0.15) is 62.3 Å². The number of nitrogens with one attached hydrogen (secondary N) is 1. The summed E-state index contributed by atoms with van der Waals surface area (Å²) in [4.78, 5) is 0. The molecule has 0 amide bonds. The molecule has 0 bridgehead atoms. The van der Waals surface area contributed by atoms with Gasteiger partial charge in [-0.2, -0.15) is 0 Å². The van der Waals surface area contributed by atoms with Crippen molar-refractivity contribution in [2.45, 2.75) is 62.3 Å². The topological polar surface area (TPSA) is 12.0 Å². The van der Waals surface area contributed by atoms with Crippen molar-refractivity contribution in [2.75, 3.05) is 0 Å². The van der Waals surface area contributed by atoms with Crippen LogP contribution in [0.2, 0.25) is 0 Å². The molecule has 0 aromatic rings. The van der Waals surface area contributed by atoms with Gasteiger partial charge in [0.05, 0.1) is 0 Å². The quantitative estimate of drug-likeness (QED) is 0.569. The molecule has 0 unspecified atom stereocenters. The molecule has 1 nitrogen and oxygen atoms in total. The fourth-order valence-electron chi connectivity index (χ4n) is 1.81. The van der Waals surface area contributed by atoms with E-state index in [1.165, 1.54) is 11.1 Å². The standard InChI is InChI=1S/C21H35N/c1-11-19(21(8,9)10)15-14-18(4)22-17(3)13-12-16(2)20(5,6)7/h11-15,22H,4H2,1-3,5-10H3/b15-14-,16-12+,17-13+,19-11+. The van der Waals surface area contributed by atoms with E-state index in [0.717, 1.165) is 11.4 Å². The molecule has 0 aliphatic carbocycles. The Morgan fingerprint density at radius 3 is 1.82 bits per heavy atom. The lowest BCUT2D eigenvalue weighted by molar-refractivity contribution is 0.504. The van der Waals surface area contributed by atoms with Crippen molar-refractivity contribution in [3.8, 4) is 0 Å². The Balaban J connectivity index is 4.81. The molecule has 0 atom stereocenters. The number of hydrogen-bond donors (Lipinski definition) is 1. The van der Waals surface area contributed by atoms with Gasteiger partial charge in [-0.3, -0.25) is 0 Å². The fourth-order valence-corrected chi connectivity index (χ4v) is 1.81. The normalized spacial score (nSPS) is 15.4. The molecule has 1 heteroatoms. The van der Waals surface area contributed by atoms with Crippen LogP contribution in [-0.2, 0) is 0 Å². The van der Waals surface area contributed by atoms with Crippen molar-refractivity contribution < 1.29 is 0 Å². The first kappa shape index (κ1) is 20.5. The summed E-state index contributed by atoms with van der Waals surface area (Å²) in [6, 6.07) is 0. The van der Waals surface area contributed by atoms with Crippen LogP contribution >= 0.6 is 0 Å². The van der Waals surface area contributed by atoms with Gasteiger partial charge in [0, 0.05) is 11.4 Å². The Labute approximate surface area is 138 Å². The first-order valence-corrected chi connectivity index (χ1v) is 8.04. The van der Waals surface area contributed by atoms with Gasteiger partial charge >= 0.3 is 0 Å². The van der Waals surface area contributed by atoms with Gasteiger partial charge in [-0.1, -0.05) is 71.9 Å². The first-order chi connectivity index (χ1) is 9.87. The van der Waals surface area contributed by atoms with Crippen molar-refractivity contribution in [2.24, 2.45) is 10.8 Å². The van der Waals surface area contributed by atoms with Gasteiger partial charge in [0.1, 0.15) is 0 Å². The maximum Gasteiger partial charge on any atom is 0.0308 e. The molecule has 22 heavy (non-hydrogen) atoms. The molecular weight excluding hydrogens is 266 g/mol. The Morgan fingerprint density at radius 1 is 0.864 bits per heavy atom. The molecule has 0 spiro atoms. The van der Waals surface area contributed by atoms with Crippen LogP contribution in [0.5, 0.6) is 0 Å². The summed E-state index contributed by atoms with van der Waals surface area (Å²) < 4.78 is 0. The Bertz CT molecular complexity index is 497. The maximum absolute atomic E-state index is 4.07. The lowest BCUT2D eigenvalue weighted by Crippen LogP contribution is -2.10. The lowest BCUT2D eigenvalue weighted by Gasteiger charge is -2.20. The van der Waals surface area contributed by atoms with Gasteiger partial charge in [0.2, 0.25) is 0 Å². The lowest BCUT2D eigenvalue weighted by atomic mass is 9.86. The Morgan fingerprint density at radius 2 is 1.41 bits per heavy atom. The Hall–Kier alpha value is -1.50. The Kier molecular flexibility index (Phi) is 7.66. The number of rotatable bonds is 5. The van der Waals surface area contributed by atoms with E-state index in [2.05, 4.69) is 98.5 Å². The molecule has 0 fully saturated rings. The summed E-state index contributed by atoms with van der Waals surface area (Å²) in [6.07, 6.45) is 10.6. The van der Waals surface area contributed by atoms with E-state index in [1.54, 1.807) is 0 Å². The smallest absolute Gasteiger partial charge is 0.0308 e. The molecule has 0 aliphatic rings. The highest BCUT2D eigenvalue weighted by atomic mass is 14.9. The zero-order valence-corrected chi connectivity index (χ0v) is 16.1. The van der Waals surface area contributed by atoms with Crippen molar-refractivity contribution in [1.29, 1.82) is 0 Å². The van der Waals surface area contributed by atoms with Gasteiger partial charge in [-0.15, -0.1) is 0 Å². The molecule has 124 valence electrons. The molecule has 0 aliphatic heterocycles. The largest absolute Gasteiger partial charge is 0.360 e. The van der Waals surface area contributed by atoms with Crippen molar-refractivity contribution in [3.63, 3.8) is 0 Å². The molecule has 0 radical (unpaired) electrons. The summed E-state index contributed by atoms with van der Waals surface area (Å²) in [5.74, 6) is 0. The van der Waals surface area contributed by atoms with Crippen molar-refractivity contribution in [3.05, 3.63) is 59.5 Å². The predicted molar refractivity (Wildman–Crippen MR) is 102 cm³/mol. The molecule has 0 saturated heterocycles. The van der Waals surface area contributed by atoms with Crippen LogP contribution < -0.4 is 5.32 Å². The van der Waals surface area contributed by atoms with Crippen LogP contribution in [0.15, 0.2) is 59.5 Å². The highest BCUT2D eigenvalue weighted by Gasteiger charge is 2.13. The third kappa shape index (κ3) is 8.07. The highest BCUT2D eigenvalue weighted by Crippen LogP contribution is 2.26. The average Bonchev–Trinajstić information content (AvgIpc) is 2.33. The van der Waals surface area contributed by atoms with Crippen LogP contribution in [0.3, 0.4) is 0 Å². The fraction of sp³-hybridized carbons (Fsp3) is 0.524. The summed E-state index contributed by atoms with van der Waals surface area (Å²) in [5, 5.41) is 3.33. The molecule has 0 heterocycles. The van der Waals surface area contributed by atoms with Crippen molar-refractivity contribution >= 4 is 0 Å². The maximum atomic E-state index is 4.07. The van der Waals surface area contributed by atoms with E-state index in [4.69, 9.17) is 0 Å². The van der Waals surface area contributed by atoms with Gasteiger partial charge in [0.15, 0.2) is 0 Å². The summed E-state index contributed by atoms with van der Waals surface area (Å²) >= 11 is 0. The molecule has 0 aromatic heterocycles. The second kappa shape index (κ2) is 8.22. The van der Waals surface area contributed by atoms with E-state index < -0.39 is 0 Å². The minimum Gasteiger partial charge on any atom is -0.360 e. The summed E-state index contributed by atoms with van der Waals surface area (Å²) in [6.45, 7) is 23.7. The van der Waals surface area contributed by atoms with E-state index >= 15 is 0 Å². The molecule has 0 saturated carbocycles. The molecular formula is C21H35N. The zero-order chi connectivity index (χ0) is 17.6. The average molecular weight is 302 g/mol. The number of allylic oxidation sites excluding steroid dienone is 8. The predicted octanol–water partition coefficient (Wildman–Crippen LogP) is 6.53. The summed E-state index contributed by atoms with van der Waals surface area (Å²) in [5.41, 5.74) is 5.03. The monoisotopic (exact) mass is 301 g/mol. The zero-order valence-electron chi connectivity index (χ0n) is 16.1. The van der Waals surface area contributed by atoms with Gasteiger partial charge < -0.3 is 5.32 Å². The molecule has 0 aromatic carbocycles. The van der Waals surface area contributed by atoms with Crippen LogP contribution in [0.4, 0.5) is 0 Å². The highest BCUT2D eigenvalue weighted by molar-refractivity contribution is 5.31.